The molecule has 5 amide bonds. The Labute approximate surface area is 369 Å². The number of amides is 5. The number of carbonyl (C=O) groups excluding carboxylic acids is 5. The summed E-state index contributed by atoms with van der Waals surface area (Å²) >= 11 is 0. The van der Waals surface area contributed by atoms with E-state index in [1.807, 2.05) is 50.2 Å². The summed E-state index contributed by atoms with van der Waals surface area (Å²) in [5, 5.41) is 15.0. The van der Waals surface area contributed by atoms with Gasteiger partial charge in [0, 0.05) is 78.6 Å². The van der Waals surface area contributed by atoms with E-state index in [0.29, 0.717) is 29.0 Å². The van der Waals surface area contributed by atoms with Crippen LogP contribution in [-0.4, -0.2) is 102 Å². The lowest BCUT2D eigenvalue weighted by Crippen LogP contribution is -2.74. The second kappa shape index (κ2) is 16.6. The van der Waals surface area contributed by atoms with Gasteiger partial charge in [0.2, 0.25) is 11.8 Å². The summed E-state index contributed by atoms with van der Waals surface area (Å²) in [6, 6.07) is 16.8. The minimum absolute atomic E-state index is 0.0442. The van der Waals surface area contributed by atoms with E-state index in [9.17, 15) is 29.2 Å². The molecule has 2 N–H and O–H groups in total. The maximum absolute atomic E-state index is 13.6. The van der Waals surface area contributed by atoms with Crippen molar-refractivity contribution in [1.29, 1.82) is 5.26 Å². The average Bonchev–Trinajstić information content (AvgIpc) is 3.48. The number of anilines is 1. The molecule has 4 fully saturated rings. The van der Waals surface area contributed by atoms with Gasteiger partial charge in [0.1, 0.15) is 35.5 Å². The fraction of sp³-hybridized carbons (Fsp3) is 0.510. The Morgan fingerprint density at radius 1 is 0.889 bits per heavy atom. The lowest BCUT2D eigenvalue weighted by molar-refractivity contribution is -0.164. The van der Waals surface area contributed by atoms with Crippen LogP contribution < -0.4 is 29.7 Å². The molecule has 3 aromatic rings. The minimum Gasteiger partial charge on any atom is -0.496 e. The molecule has 14 nitrogen and oxygen atoms in total. The third-order valence-corrected chi connectivity index (χ3v) is 14.3. The van der Waals surface area contributed by atoms with Crippen LogP contribution in [0.15, 0.2) is 48.5 Å². The van der Waals surface area contributed by atoms with Crippen molar-refractivity contribution in [3.05, 3.63) is 81.9 Å². The predicted molar refractivity (Wildman–Crippen MR) is 235 cm³/mol. The molecule has 14 heteroatoms. The second-order valence-corrected chi connectivity index (χ2v) is 19.0. The standard InChI is InChI=1S/C49H58N6O8/c1-9-54(32-22-34(23-32)62-35-24-36-41(39(25-35)61-8)45(60)55(44(36)59)38-14-15-40(56)51-43(38)58)31-16-18-53(19-17-31)30-12-10-29(11-13-30)42(57)52-46-48(4,5)47(49(46,6)7)63-33-20-27(2)37(26-50)28(3)21-33/h10-13,20-21,24-25,31-32,34,38,46-47H,9,14-19,22-23H2,1-8H3,(H,52,57)(H,51,56,58). The van der Waals surface area contributed by atoms with Crippen molar-refractivity contribution in [3.8, 4) is 23.3 Å². The number of rotatable bonds is 12. The number of aryl methyl sites for hydroxylation is 2. The number of nitrogens with one attached hydrogen (secondary N) is 2. The topological polar surface area (TPSA) is 171 Å². The number of hydrogen-bond acceptors (Lipinski definition) is 11. The Morgan fingerprint density at radius 3 is 2.11 bits per heavy atom. The predicted octanol–water partition coefficient (Wildman–Crippen LogP) is 6.10. The summed E-state index contributed by atoms with van der Waals surface area (Å²) in [7, 11) is 1.43. The van der Waals surface area contributed by atoms with Crippen molar-refractivity contribution in [3.63, 3.8) is 0 Å². The first-order valence-electron chi connectivity index (χ1n) is 22.2. The third-order valence-electron chi connectivity index (χ3n) is 14.3. The molecule has 1 atom stereocenters. The highest BCUT2D eigenvalue weighted by molar-refractivity contribution is 6.24. The Balaban J connectivity index is 0.822. The summed E-state index contributed by atoms with van der Waals surface area (Å²) < 4.78 is 18.4. The summed E-state index contributed by atoms with van der Waals surface area (Å²) in [5.74, 6) is -1.04. The monoisotopic (exact) mass is 858 g/mol. The molecular formula is C49H58N6O8. The van der Waals surface area contributed by atoms with Crippen molar-refractivity contribution in [2.45, 2.75) is 123 Å². The molecular weight excluding hydrogens is 801 g/mol. The first-order valence-corrected chi connectivity index (χ1v) is 22.2. The van der Waals surface area contributed by atoms with E-state index in [-0.39, 0.29) is 64.7 Å². The number of fused-ring (bicyclic) bond motifs is 1. The molecule has 0 spiro atoms. The lowest BCUT2D eigenvalue weighted by atomic mass is 9.49. The summed E-state index contributed by atoms with van der Waals surface area (Å²) in [5.41, 5.74) is 3.74. The Hall–Kier alpha value is -5.94. The van der Waals surface area contributed by atoms with Crippen LogP contribution in [0.25, 0.3) is 0 Å². The Kier molecular flexibility index (Phi) is 11.5. The molecule has 8 rings (SSSR count). The first-order chi connectivity index (χ1) is 30.0. The summed E-state index contributed by atoms with van der Waals surface area (Å²) in [4.78, 5) is 70.7. The number of piperidine rings is 2. The number of nitriles is 1. The molecule has 2 saturated carbocycles. The van der Waals surface area contributed by atoms with Gasteiger partial charge in [-0.2, -0.15) is 5.26 Å². The number of methoxy groups -OCH3 is 1. The zero-order chi connectivity index (χ0) is 45.1. The van der Waals surface area contributed by atoms with Crippen molar-refractivity contribution in [2.75, 3.05) is 31.6 Å². The van der Waals surface area contributed by atoms with Crippen molar-refractivity contribution < 1.29 is 38.2 Å². The number of ether oxygens (including phenoxy) is 3. The van der Waals surface area contributed by atoms with Gasteiger partial charge in [-0.15, -0.1) is 0 Å². The molecule has 3 aliphatic heterocycles. The summed E-state index contributed by atoms with van der Waals surface area (Å²) in [6.45, 7) is 17.3. The zero-order valence-electron chi connectivity index (χ0n) is 37.5. The van der Waals surface area contributed by atoms with E-state index in [4.69, 9.17) is 14.2 Å². The first kappa shape index (κ1) is 43.7. The van der Waals surface area contributed by atoms with Gasteiger partial charge >= 0.3 is 0 Å². The van der Waals surface area contributed by atoms with Gasteiger partial charge in [-0.05, 0) is 93.2 Å². The van der Waals surface area contributed by atoms with Crippen molar-refractivity contribution in [2.24, 2.45) is 10.8 Å². The van der Waals surface area contributed by atoms with Crippen LogP contribution in [0.2, 0.25) is 0 Å². The van der Waals surface area contributed by atoms with Crippen LogP contribution >= 0.6 is 0 Å². The molecule has 0 aromatic heterocycles. The molecule has 3 aromatic carbocycles. The van der Waals surface area contributed by atoms with E-state index in [1.165, 1.54) is 7.11 Å². The highest BCUT2D eigenvalue weighted by atomic mass is 16.5. The fourth-order valence-corrected chi connectivity index (χ4v) is 11.3. The van der Waals surface area contributed by atoms with Crippen LogP contribution in [0.5, 0.6) is 17.2 Å². The molecule has 0 radical (unpaired) electrons. The Bertz CT molecular complexity index is 2350. The number of hydrogen-bond donors (Lipinski definition) is 2. The van der Waals surface area contributed by atoms with E-state index >= 15 is 0 Å². The van der Waals surface area contributed by atoms with Crippen LogP contribution in [-0.2, 0) is 9.59 Å². The molecule has 0 bridgehead atoms. The number of nitrogens with zero attached hydrogens (tertiary/aromatic N) is 4. The zero-order valence-corrected chi connectivity index (χ0v) is 37.5. The van der Waals surface area contributed by atoms with Gasteiger partial charge < -0.3 is 24.4 Å². The molecule has 2 aliphatic carbocycles. The van der Waals surface area contributed by atoms with E-state index in [0.717, 1.165) is 72.8 Å². The van der Waals surface area contributed by atoms with E-state index in [1.54, 1.807) is 12.1 Å². The second-order valence-electron chi connectivity index (χ2n) is 19.0. The maximum Gasteiger partial charge on any atom is 0.266 e. The molecule has 332 valence electrons. The quantitative estimate of drug-likeness (QED) is 0.202. The fourth-order valence-electron chi connectivity index (χ4n) is 11.3. The number of carbonyl (C=O) groups is 5. The SMILES string of the molecule is CCN(C1CCN(c2ccc(C(=O)NC3C(C)(C)C(Oc4cc(C)c(C#N)c(C)c4)C3(C)C)cc2)CC1)C1CC(Oc2cc(OC)c3c(c2)C(=O)N(C2CCC(=O)NC2=O)C3=O)C1. The van der Waals surface area contributed by atoms with Crippen LogP contribution in [0.4, 0.5) is 5.69 Å². The van der Waals surface area contributed by atoms with Gasteiger partial charge in [0.25, 0.3) is 17.7 Å². The molecule has 3 heterocycles. The molecule has 5 aliphatic rings. The highest BCUT2D eigenvalue weighted by Gasteiger charge is 2.64. The normalized spacial score (nSPS) is 25.1. The van der Waals surface area contributed by atoms with Gasteiger partial charge in [0.15, 0.2) is 0 Å². The Morgan fingerprint density at radius 2 is 1.52 bits per heavy atom. The minimum atomic E-state index is -1.06. The van der Waals surface area contributed by atoms with Gasteiger partial charge in [-0.3, -0.25) is 39.1 Å². The largest absolute Gasteiger partial charge is 0.496 e. The highest BCUT2D eigenvalue weighted by Crippen LogP contribution is 2.55. The van der Waals surface area contributed by atoms with E-state index < -0.39 is 29.7 Å². The number of imide groups is 2. The maximum atomic E-state index is 13.6. The number of benzene rings is 3. The van der Waals surface area contributed by atoms with E-state index in [2.05, 4.69) is 61.1 Å². The lowest BCUT2D eigenvalue weighted by Gasteiger charge is -2.63. The van der Waals surface area contributed by atoms with Crippen LogP contribution in [0.1, 0.15) is 121 Å². The smallest absolute Gasteiger partial charge is 0.266 e. The average molecular weight is 859 g/mol. The van der Waals surface area contributed by atoms with Gasteiger partial charge in [-0.25, -0.2) is 0 Å². The molecule has 2 saturated heterocycles. The van der Waals surface area contributed by atoms with Crippen LogP contribution in [0, 0.1) is 36.0 Å². The molecule has 1 unspecified atom stereocenters. The molecule has 63 heavy (non-hydrogen) atoms. The van der Waals surface area contributed by atoms with Crippen molar-refractivity contribution >= 4 is 35.2 Å². The van der Waals surface area contributed by atoms with Crippen molar-refractivity contribution in [1.82, 2.24) is 20.4 Å². The summed E-state index contributed by atoms with van der Waals surface area (Å²) in [6.07, 6.45) is 3.58. The van der Waals surface area contributed by atoms with Gasteiger partial charge in [-0.1, -0.05) is 34.6 Å². The van der Waals surface area contributed by atoms with Gasteiger partial charge in [0.05, 0.1) is 29.9 Å². The van der Waals surface area contributed by atoms with Crippen LogP contribution in [0.3, 0.4) is 0 Å². The third kappa shape index (κ3) is 7.79.